The van der Waals surface area contributed by atoms with Crippen LogP contribution >= 0.6 is 0 Å². The Kier molecular flexibility index (Phi) is 5.25. The van der Waals surface area contributed by atoms with E-state index < -0.39 is 0 Å². The average molecular weight is 344 g/mol. The lowest BCUT2D eigenvalue weighted by Gasteiger charge is -2.23. The monoisotopic (exact) mass is 344 g/mol. The first-order valence-corrected chi connectivity index (χ1v) is 8.10. The normalized spacial score (nSPS) is 11.4. The second kappa shape index (κ2) is 7.04. The molecule has 2 aromatic rings. The van der Waals surface area contributed by atoms with Crippen molar-refractivity contribution in [2.75, 3.05) is 13.6 Å². The zero-order chi connectivity index (χ0) is 18.8. The molecule has 0 radical (unpaired) electrons. The van der Waals surface area contributed by atoms with Crippen molar-refractivity contribution in [3.05, 3.63) is 40.3 Å². The summed E-state index contributed by atoms with van der Waals surface area (Å²) >= 11 is 0. The van der Waals surface area contributed by atoms with Gasteiger partial charge < -0.3 is 10.2 Å². The first kappa shape index (κ1) is 18.6. The van der Waals surface area contributed by atoms with E-state index >= 15 is 0 Å². The molecule has 7 heteroatoms. The zero-order valence-corrected chi connectivity index (χ0v) is 15.3. The number of amides is 2. The molecule has 1 aromatic heterocycles. The van der Waals surface area contributed by atoms with Gasteiger partial charge in [-0.3, -0.25) is 14.4 Å². The topological polar surface area (TPSA) is 84.3 Å². The predicted molar refractivity (Wildman–Crippen MR) is 96.3 cm³/mol. The molecular formula is C18H24N4O3. The Hall–Kier alpha value is -2.70. The summed E-state index contributed by atoms with van der Waals surface area (Å²) < 4.78 is 1.15. The SMILES string of the molecule is Cc1nn(CC(=O)N(C)CC(=O)NC(C)(C)C)c(=O)c2ccccc12. The van der Waals surface area contributed by atoms with E-state index in [4.69, 9.17) is 0 Å². The van der Waals surface area contributed by atoms with Gasteiger partial charge in [0.15, 0.2) is 0 Å². The molecule has 2 rings (SSSR count). The lowest BCUT2D eigenvalue weighted by molar-refractivity contribution is -0.135. The van der Waals surface area contributed by atoms with Crippen molar-refractivity contribution in [3.63, 3.8) is 0 Å². The van der Waals surface area contributed by atoms with Gasteiger partial charge in [0.2, 0.25) is 11.8 Å². The molecule has 0 aliphatic carbocycles. The van der Waals surface area contributed by atoms with Gasteiger partial charge in [0.25, 0.3) is 5.56 Å². The lowest BCUT2D eigenvalue weighted by atomic mass is 10.1. The molecule has 0 unspecified atom stereocenters. The molecule has 0 saturated heterocycles. The minimum atomic E-state index is -0.366. The van der Waals surface area contributed by atoms with E-state index in [0.29, 0.717) is 11.1 Å². The number of aromatic nitrogens is 2. The molecule has 0 fully saturated rings. The third-order valence-electron chi connectivity index (χ3n) is 3.66. The van der Waals surface area contributed by atoms with Gasteiger partial charge in [0.1, 0.15) is 6.54 Å². The number of rotatable bonds is 4. The number of nitrogens with one attached hydrogen (secondary N) is 1. The Morgan fingerprint density at radius 2 is 1.80 bits per heavy atom. The third kappa shape index (κ3) is 4.65. The number of likely N-dealkylation sites (N-methyl/N-ethyl adjacent to an activating group) is 1. The second-order valence-electron chi connectivity index (χ2n) is 7.14. The standard InChI is InChI=1S/C18H24N4O3/c1-12-13-8-6-7-9-14(13)17(25)22(20-12)11-16(24)21(5)10-15(23)19-18(2,3)4/h6-9H,10-11H2,1-5H3,(H,19,23). The van der Waals surface area contributed by atoms with Gasteiger partial charge in [-0.15, -0.1) is 0 Å². The molecule has 0 atom stereocenters. The molecule has 1 aromatic carbocycles. The number of fused-ring (bicyclic) bond motifs is 1. The number of nitrogens with zero attached hydrogens (tertiary/aromatic N) is 3. The summed E-state index contributed by atoms with van der Waals surface area (Å²) in [5, 5.41) is 8.31. The van der Waals surface area contributed by atoms with Crippen LogP contribution < -0.4 is 10.9 Å². The highest BCUT2D eigenvalue weighted by Crippen LogP contribution is 2.11. The van der Waals surface area contributed by atoms with E-state index in [-0.39, 0.29) is 36.0 Å². The van der Waals surface area contributed by atoms with Crippen LogP contribution in [0.25, 0.3) is 10.8 Å². The van der Waals surface area contributed by atoms with Crippen LogP contribution in [0, 0.1) is 6.92 Å². The molecular weight excluding hydrogens is 320 g/mol. The number of hydrogen-bond acceptors (Lipinski definition) is 4. The zero-order valence-electron chi connectivity index (χ0n) is 15.3. The first-order chi connectivity index (χ1) is 11.6. The highest BCUT2D eigenvalue weighted by molar-refractivity contribution is 5.86. The second-order valence-corrected chi connectivity index (χ2v) is 7.14. The minimum Gasteiger partial charge on any atom is -0.350 e. The first-order valence-electron chi connectivity index (χ1n) is 8.10. The number of carbonyl (C=O) groups is 2. The summed E-state index contributed by atoms with van der Waals surface area (Å²) in [6, 6.07) is 7.16. The van der Waals surface area contributed by atoms with Gasteiger partial charge in [0.05, 0.1) is 17.6 Å². The van der Waals surface area contributed by atoms with E-state index in [2.05, 4.69) is 10.4 Å². The Bertz CT molecular complexity index is 865. The van der Waals surface area contributed by atoms with Gasteiger partial charge in [-0.1, -0.05) is 18.2 Å². The molecule has 1 N–H and O–H groups in total. The van der Waals surface area contributed by atoms with Crippen LogP contribution in [0.2, 0.25) is 0 Å². The Morgan fingerprint density at radius 3 is 2.40 bits per heavy atom. The highest BCUT2D eigenvalue weighted by Gasteiger charge is 2.19. The van der Waals surface area contributed by atoms with E-state index in [1.807, 2.05) is 32.9 Å². The van der Waals surface area contributed by atoms with E-state index in [0.717, 1.165) is 10.1 Å². The summed E-state index contributed by atoms with van der Waals surface area (Å²) in [4.78, 5) is 38.1. The molecule has 0 aliphatic rings. The fourth-order valence-corrected chi connectivity index (χ4v) is 2.52. The van der Waals surface area contributed by atoms with Crippen molar-refractivity contribution in [3.8, 4) is 0 Å². The molecule has 7 nitrogen and oxygen atoms in total. The molecule has 0 spiro atoms. The van der Waals surface area contributed by atoms with Crippen molar-refractivity contribution in [2.45, 2.75) is 39.8 Å². The Balaban J connectivity index is 2.15. The van der Waals surface area contributed by atoms with Gasteiger partial charge in [0, 0.05) is 18.0 Å². The van der Waals surface area contributed by atoms with Crippen LogP contribution in [-0.2, 0) is 16.1 Å². The fourth-order valence-electron chi connectivity index (χ4n) is 2.52. The number of carbonyl (C=O) groups excluding carboxylic acids is 2. The summed E-state index contributed by atoms with van der Waals surface area (Å²) in [6.45, 7) is 7.13. The van der Waals surface area contributed by atoms with Crippen molar-refractivity contribution in [2.24, 2.45) is 0 Å². The molecule has 2 amide bonds. The van der Waals surface area contributed by atoms with Crippen LogP contribution in [0.1, 0.15) is 26.5 Å². The number of benzene rings is 1. The van der Waals surface area contributed by atoms with Gasteiger partial charge in [-0.25, -0.2) is 4.68 Å². The molecule has 25 heavy (non-hydrogen) atoms. The fraction of sp³-hybridized carbons (Fsp3) is 0.444. The minimum absolute atomic E-state index is 0.0720. The summed E-state index contributed by atoms with van der Waals surface area (Å²) in [7, 11) is 1.53. The lowest BCUT2D eigenvalue weighted by Crippen LogP contribution is -2.47. The maximum atomic E-state index is 12.5. The molecule has 1 heterocycles. The average Bonchev–Trinajstić information content (AvgIpc) is 2.50. The summed E-state index contributed by atoms with van der Waals surface area (Å²) in [6.07, 6.45) is 0. The van der Waals surface area contributed by atoms with Crippen molar-refractivity contribution in [1.29, 1.82) is 0 Å². The molecule has 134 valence electrons. The van der Waals surface area contributed by atoms with Gasteiger partial charge >= 0.3 is 0 Å². The van der Waals surface area contributed by atoms with Crippen LogP contribution in [0.3, 0.4) is 0 Å². The number of aryl methyl sites for hydroxylation is 1. The number of hydrogen-bond donors (Lipinski definition) is 1. The van der Waals surface area contributed by atoms with Crippen LogP contribution in [0.15, 0.2) is 29.1 Å². The van der Waals surface area contributed by atoms with Crippen molar-refractivity contribution >= 4 is 22.6 Å². The van der Waals surface area contributed by atoms with Crippen molar-refractivity contribution in [1.82, 2.24) is 20.0 Å². The smallest absolute Gasteiger partial charge is 0.275 e. The summed E-state index contributed by atoms with van der Waals surface area (Å²) in [5.41, 5.74) is -0.00668. The maximum Gasteiger partial charge on any atom is 0.275 e. The van der Waals surface area contributed by atoms with Crippen molar-refractivity contribution < 1.29 is 9.59 Å². The molecule has 0 aliphatic heterocycles. The molecule has 0 bridgehead atoms. The van der Waals surface area contributed by atoms with Gasteiger partial charge in [-0.05, 0) is 33.8 Å². The largest absolute Gasteiger partial charge is 0.350 e. The van der Waals surface area contributed by atoms with E-state index in [1.165, 1.54) is 11.9 Å². The Morgan fingerprint density at radius 1 is 1.20 bits per heavy atom. The third-order valence-corrected chi connectivity index (χ3v) is 3.66. The predicted octanol–water partition coefficient (Wildman–Crippen LogP) is 1.08. The highest BCUT2D eigenvalue weighted by atomic mass is 16.2. The van der Waals surface area contributed by atoms with Gasteiger partial charge in [-0.2, -0.15) is 5.10 Å². The quantitative estimate of drug-likeness (QED) is 0.899. The van der Waals surface area contributed by atoms with Crippen LogP contribution in [0.4, 0.5) is 0 Å². The van der Waals surface area contributed by atoms with Crippen LogP contribution in [-0.4, -0.2) is 45.6 Å². The van der Waals surface area contributed by atoms with Crippen LogP contribution in [0.5, 0.6) is 0 Å². The maximum absolute atomic E-state index is 12.5. The molecule has 0 saturated carbocycles. The van der Waals surface area contributed by atoms with E-state index in [9.17, 15) is 14.4 Å². The Labute approximate surface area is 146 Å². The summed E-state index contributed by atoms with van der Waals surface area (Å²) in [5.74, 6) is -0.605. The van der Waals surface area contributed by atoms with E-state index in [1.54, 1.807) is 19.1 Å².